The molecule has 2 rings (SSSR count). The lowest BCUT2D eigenvalue weighted by molar-refractivity contribution is -0.330. The number of hydrogen-bond donors (Lipinski definition) is 0. The summed E-state index contributed by atoms with van der Waals surface area (Å²) in [6, 6.07) is 6.81. The third-order valence-corrected chi connectivity index (χ3v) is 4.53. The highest BCUT2D eigenvalue weighted by Crippen LogP contribution is 2.54. The van der Waals surface area contributed by atoms with E-state index in [9.17, 15) is 31.1 Å². The number of benzene rings is 2. The molecule has 10 heteroatoms. The van der Waals surface area contributed by atoms with Gasteiger partial charge >= 0.3 is 18.3 Å². The molecule has 0 saturated carbocycles. The van der Waals surface area contributed by atoms with Crippen LogP contribution in [0.1, 0.15) is 13.3 Å². The molecule has 2 aromatic carbocycles. The molecule has 0 aliphatic heterocycles. The van der Waals surface area contributed by atoms with Crippen molar-refractivity contribution in [2.24, 2.45) is 5.41 Å². The molecule has 0 spiro atoms. The van der Waals surface area contributed by atoms with Crippen LogP contribution in [0.25, 0.3) is 10.8 Å². The Labute approximate surface area is 153 Å². The Kier molecular flexibility index (Phi) is 5.41. The van der Waals surface area contributed by atoms with Crippen LogP contribution in [0, 0.1) is 5.41 Å². The van der Waals surface area contributed by atoms with E-state index in [1.807, 2.05) is 0 Å². The summed E-state index contributed by atoms with van der Waals surface area (Å²) < 4.78 is 83.9. The van der Waals surface area contributed by atoms with E-state index in [2.05, 4.69) is 4.74 Å². The average molecular weight is 419 g/mol. The van der Waals surface area contributed by atoms with Crippen LogP contribution in [0.15, 0.2) is 30.3 Å². The molecule has 26 heavy (non-hydrogen) atoms. The highest BCUT2D eigenvalue weighted by Gasteiger charge is 2.75. The lowest BCUT2D eigenvalue weighted by Crippen LogP contribution is -2.56. The first-order chi connectivity index (χ1) is 11.9. The Bertz CT molecular complexity index is 831. The average Bonchev–Trinajstić information content (AvgIpc) is 2.49. The fourth-order valence-electron chi connectivity index (χ4n) is 2.49. The van der Waals surface area contributed by atoms with Crippen LogP contribution in [0.5, 0.6) is 5.75 Å². The van der Waals surface area contributed by atoms with Crippen LogP contribution in [-0.2, 0) is 4.79 Å². The normalized spacial score (nSPS) is 13.1. The summed E-state index contributed by atoms with van der Waals surface area (Å²) >= 11 is 11.8. The zero-order valence-corrected chi connectivity index (χ0v) is 14.4. The minimum Gasteiger partial charge on any atom is -0.423 e. The maximum absolute atomic E-state index is 13.2. The zero-order valence-electron chi connectivity index (χ0n) is 12.9. The van der Waals surface area contributed by atoms with Crippen molar-refractivity contribution < 1.29 is 35.9 Å². The fourth-order valence-corrected chi connectivity index (χ4v) is 3.07. The second kappa shape index (κ2) is 6.81. The van der Waals surface area contributed by atoms with Gasteiger partial charge in [0, 0.05) is 10.8 Å². The van der Waals surface area contributed by atoms with Crippen molar-refractivity contribution in [1.82, 2.24) is 0 Å². The van der Waals surface area contributed by atoms with Crippen LogP contribution in [-0.4, -0.2) is 18.3 Å². The highest BCUT2D eigenvalue weighted by atomic mass is 35.5. The Balaban J connectivity index is 2.64. The van der Waals surface area contributed by atoms with Crippen LogP contribution in [0.4, 0.5) is 26.3 Å². The number of alkyl halides is 6. The van der Waals surface area contributed by atoms with Gasteiger partial charge in [0.15, 0.2) is 5.75 Å². The molecule has 0 amide bonds. The lowest BCUT2D eigenvalue weighted by Gasteiger charge is -2.34. The standard InChI is InChI=1S/C16H10Cl2F6O2/c1-2-14(15(19,20)21,16(22,23)24)13(25)26-12-9-6-4-3-5-8(9)10(17)7-11(12)18/h3-7H,2H2,1H3. The molecule has 0 aliphatic carbocycles. The molecule has 0 radical (unpaired) electrons. The first-order valence-electron chi connectivity index (χ1n) is 7.09. The minimum absolute atomic E-state index is 0.00713. The van der Waals surface area contributed by atoms with Gasteiger partial charge in [-0.2, -0.15) is 26.3 Å². The second-order valence-corrected chi connectivity index (χ2v) is 6.17. The molecule has 0 heterocycles. The lowest BCUT2D eigenvalue weighted by atomic mass is 9.83. The number of hydrogen-bond acceptors (Lipinski definition) is 2. The third-order valence-electron chi connectivity index (χ3n) is 3.94. The van der Waals surface area contributed by atoms with E-state index in [1.54, 1.807) is 0 Å². The topological polar surface area (TPSA) is 26.3 Å². The molecule has 0 aliphatic rings. The molecule has 0 aromatic heterocycles. The number of fused-ring (bicyclic) bond motifs is 1. The van der Waals surface area contributed by atoms with E-state index in [-0.39, 0.29) is 15.8 Å². The van der Waals surface area contributed by atoms with E-state index in [4.69, 9.17) is 23.2 Å². The summed E-state index contributed by atoms with van der Waals surface area (Å²) in [6.45, 7) is 0.601. The van der Waals surface area contributed by atoms with Gasteiger partial charge in [0.05, 0.1) is 10.0 Å². The number of ether oxygens (including phenoxy) is 1. The molecule has 2 aromatic rings. The minimum atomic E-state index is -5.91. The summed E-state index contributed by atoms with van der Waals surface area (Å²) in [5.74, 6) is -3.13. The quantitative estimate of drug-likeness (QED) is 0.320. The van der Waals surface area contributed by atoms with Crippen molar-refractivity contribution >= 4 is 39.9 Å². The molecular formula is C16H10Cl2F6O2. The largest absolute Gasteiger partial charge is 0.423 e. The Hall–Kier alpha value is -1.67. The van der Waals surface area contributed by atoms with Crippen LogP contribution < -0.4 is 4.74 Å². The molecule has 142 valence electrons. The predicted molar refractivity (Wildman–Crippen MR) is 84.4 cm³/mol. The maximum Gasteiger partial charge on any atom is 0.413 e. The number of rotatable bonds is 3. The monoisotopic (exact) mass is 418 g/mol. The summed E-state index contributed by atoms with van der Waals surface area (Å²) in [5, 5.41) is -0.0367. The van der Waals surface area contributed by atoms with Crippen molar-refractivity contribution in [3.05, 3.63) is 40.4 Å². The Morgan fingerprint density at radius 1 is 0.962 bits per heavy atom. The Morgan fingerprint density at radius 2 is 1.46 bits per heavy atom. The van der Waals surface area contributed by atoms with Crippen molar-refractivity contribution in [3.8, 4) is 5.75 Å². The van der Waals surface area contributed by atoms with E-state index in [1.165, 1.54) is 24.3 Å². The number of halogens is 8. The van der Waals surface area contributed by atoms with Crippen molar-refractivity contribution in [2.45, 2.75) is 25.7 Å². The smallest absolute Gasteiger partial charge is 0.413 e. The molecule has 0 fully saturated rings. The van der Waals surface area contributed by atoms with Gasteiger partial charge in [-0.05, 0) is 12.5 Å². The molecule has 0 atom stereocenters. The van der Waals surface area contributed by atoms with Gasteiger partial charge in [0.25, 0.3) is 5.41 Å². The van der Waals surface area contributed by atoms with Gasteiger partial charge in [0.2, 0.25) is 0 Å². The summed E-state index contributed by atoms with van der Waals surface area (Å²) in [7, 11) is 0. The summed E-state index contributed by atoms with van der Waals surface area (Å²) in [4.78, 5) is 12.1. The SMILES string of the molecule is CCC(C(=O)Oc1c(Cl)cc(Cl)c2ccccc12)(C(F)(F)F)C(F)(F)F. The second-order valence-electron chi connectivity index (χ2n) is 5.36. The van der Waals surface area contributed by atoms with E-state index < -0.39 is 40.9 Å². The van der Waals surface area contributed by atoms with Crippen molar-refractivity contribution in [1.29, 1.82) is 0 Å². The van der Waals surface area contributed by atoms with Crippen LogP contribution in [0.2, 0.25) is 10.0 Å². The molecule has 2 nitrogen and oxygen atoms in total. The van der Waals surface area contributed by atoms with Gasteiger partial charge in [-0.1, -0.05) is 54.4 Å². The maximum atomic E-state index is 13.2. The van der Waals surface area contributed by atoms with Gasteiger partial charge in [0.1, 0.15) is 0 Å². The van der Waals surface area contributed by atoms with Gasteiger partial charge in [-0.15, -0.1) is 0 Å². The first kappa shape index (κ1) is 20.6. The summed E-state index contributed by atoms with van der Waals surface area (Å²) in [5.41, 5.74) is -4.68. The fraction of sp³-hybridized carbons (Fsp3) is 0.312. The molecule has 0 N–H and O–H groups in total. The molecule has 0 bridgehead atoms. The van der Waals surface area contributed by atoms with E-state index in [0.717, 1.165) is 6.07 Å². The Morgan fingerprint density at radius 3 is 1.92 bits per heavy atom. The molecule has 0 unspecified atom stereocenters. The molecule has 0 saturated heterocycles. The van der Waals surface area contributed by atoms with Crippen LogP contribution >= 0.6 is 23.2 Å². The zero-order chi connectivity index (χ0) is 19.9. The van der Waals surface area contributed by atoms with E-state index in [0.29, 0.717) is 6.92 Å². The number of carbonyl (C=O) groups excluding carboxylic acids is 1. The summed E-state index contributed by atoms with van der Waals surface area (Å²) in [6.07, 6.45) is -13.4. The van der Waals surface area contributed by atoms with Gasteiger partial charge in [-0.3, -0.25) is 4.79 Å². The first-order valence-corrected chi connectivity index (χ1v) is 7.85. The van der Waals surface area contributed by atoms with Crippen LogP contribution in [0.3, 0.4) is 0 Å². The number of esters is 1. The van der Waals surface area contributed by atoms with Gasteiger partial charge < -0.3 is 4.74 Å². The van der Waals surface area contributed by atoms with Crippen molar-refractivity contribution in [3.63, 3.8) is 0 Å². The molecular weight excluding hydrogens is 409 g/mol. The predicted octanol–water partition coefficient (Wildman–Crippen LogP) is 6.57. The van der Waals surface area contributed by atoms with E-state index >= 15 is 0 Å². The third kappa shape index (κ3) is 3.20. The highest BCUT2D eigenvalue weighted by molar-refractivity contribution is 6.40. The number of carbonyl (C=O) groups is 1. The van der Waals surface area contributed by atoms with Crippen molar-refractivity contribution in [2.75, 3.05) is 0 Å². The van der Waals surface area contributed by atoms with Gasteiger partial charge in [-0.25, -0.2) is 0 Å².